The summed E-state index contributed by atoms with van der Waals surface area (Å²) in [5.41, 5.74) is 3.33. The minimum Gasteiger partial charge on any atom is -0.464 e. The van der Waals surface area contributed by atoms with Crippen LogP contribution in [0.15, 0.2) is 42.6 Å². The molecule has 1 atom stereocenters. The lowest BCUT2D eigenvalue weighted by molar-refractivity contribution is -0.119. The maximum absolute atomic E-state index is 12.9. The third kappa shape index (κ3) is 6.82. The van der Waals surface area contributed by atoms with E-state index in [1.165, 1.54) is 19.8 Å². The molecule has 35 heavy (non-hydrogen) atoms. The summed E-state index contributed by atoms with van der Waals surface area (Å²) in [6.45, 7) is 6.90. The van der Waals surface area contributed by atoms with Gasteiger partial charge in [0.05, 0.1) is 24.7 Å². The number of esters is 1. The maximum Gasteiger partial charge on any atom is 0.356 e. The van der Waals surface area contributed by atoms with Crippen molar-refractivity contribution in [2.45, 2.75) is 52.6 Å². The molecular formula is C27H36N4O4. The molecule has 0 aliphatic carbocycles. The Morgan fingerprint density at radius 1 is 1.11 bits per heavy atom. The van der Waals surface area contributed by atoms with Crippen molar-refractivity contribution in [3.63, 3.8) is 0 Å². The highest BCUT2D eigenvalue weighted by Gasteiger charge is 2.26. The molecular weight excluding hydrogens is 444 g/mol. The van der Waals surface area contributed by atoms with Crippen molar-refractivity contribution < 1.29 is 19.1 Å². The number of benzene rings is 1. The molecule has 0 saturated heterocycles. The molecule has 0 aliphatic rings. The van der Waals surface area contributed by atoms with Crippen LogP contribution in [0.5, 0.6) is 0 Å². The van der Waals surface area contributed by atoms with Crippen LogP contribution in [0.1, 0.15) is 49.7 Å². The normalized spacial score (nSPS) is 12.1. The molecule has 2 N–H and O–H groups in total. The Bertz CT molecular complexity index is 1140. The van der Waals surface area contributed by atoms with E-state index < -0.39 is 5.97 Å². The quantitative estimate of drug-likeness (QED) is 0.359. The van der Waals surface area contributed by atoms with Gasteiger partial charge in [-0.2, -0.15) is 0 Å². The Labute approximate surface area is 207 Å². The fraction of sp³-hybridized carbons (Fsp3) is 0.444. The molecule has 8 nitrogen and oxygen atoms in total. The Morgan fingerprint density at radius 2 is 1.86 bits per heavy atom. The zero-order valence-electron chi connectivity index (χ0n) is 21.3. The average molecular weight is 481 g/mol. The van der Waals surface area contributed by atoms with Crippen molar-refractivity contribution in [2.75, 3.05) is 31.5 Å². The Hall–Kier alpha value is -3.39. The maximum atomic E-state index is 12.9. The summed E-state index contributed by atoms with van der Waals surface area (Å²) in [4.78, 5) is 30.1. The zero-order valence-corrected chi connectivity index (χ0v) is 21.3. The van der Waals surface area contributed by atoms with E-state index in [0.717, 1.165) is 24.9 Å². The van der Waals surface area contributed by atoms with Crippen LogP contribution in [0.3, 0.4) is 0 Å². The van der Waals surface area contributed by atoms with Crippen molar-refractivity contribution in [3.8, 4) is 0 Å². The molecule has 2 heterocycles. The van der Waals surface area contributed by atoms with Gasteiger partial charge in [-0.3, -0.25) is 4.79 Å². The Kier molecular flexibility index (Phi) is 9.25. The van der Waals surface area contributed by atoms with Gasteiger partial charge in [0.2, 0.25) is 5.91 Å². The van der Waals surface area contributed by atoms with Gasteiger partial charge in [0, 0.05) is 25.1 Å². The van der Waals surface area contributed by atoms with E-state index in [0.29, 0.717) is 29.2 Å². The molecule has 188 valence electrons. The third-order valence-electron chi connectivity index (χ3n) is 5.75. The van der Waals surface area contributed by atoms with E-state index in [9.17, 15) is 9.59 Å². The van der Waals surface area contributed by atoms with Crippen LogP contribution in [0.4, 0.5) is 11.4 Å². The molecule has 3 rings (SSSR count). The van der Waals surface area contributed by atoms with Crippen molar-refractivity contribution in [3.05, 3.63) is 53.9 Å². The molecule has 0 spiro atoms. The summed E-state index contributed by atoms with van der Waals surface area (Å²) in [6.07, 6.45) is 4.41. The first kappa shape index (κ1) is 26.2. The molecule has 0 fully saturated rings. The number of carbonyl (C=O) groups is 2. The predicted octanol–water partition coefficient (Wildman–Crippen LogP) is 4.89. The first-order valence-corrected chi connectivity index (χ1v) is 12.0. The lowest BCUT2D eigenvalue weighted by atomic mass is 10.1. The summed E-state index contributed by atoms with van der Waals surface area (Å²) >= 11 is 0. The van der Waals surface area contributed by atoms with Crippen molar-refractivity contribution in [1.29, 1.82) is 0 Å². The SMILES string of the molecule is COCC(=O)Nc1c(C(=O)OC)n(CCCc2ccccc2)c2ncc(N[C@H](C)CC(C)C)cc12. The van der Waals surface area contributed by atoms with Crippen molar-refractivity contribution >= 4 is 34.3 Å². The molecule has 0 bridgehead atoms. The number of fused-ring (bicyclic) bond motifs is 1. The first-order valence-electron chi connectivity index (χ1n) is 12.0. The highest BCUT2D eigenvalue weighted by atomic mass is 16.5. The minimum atomic E-state index is -0.530. The lowest BCUT2D eigenvalue weighted by Gasteiger charge is -2.17. The topological polar surface area (TPSA) is 94.5 Å². The lowest BCUT2D eigenvalue weighted by Crippen LogP contribution is -2.20. The Morgan fingerprint density at radius 3 is 2.51 bits per heavy atom. The van der Waals surface area contributed by atoms with Crippen LogP contribution in [0.2, 0.25) is 0 Å². The van der Waals surface area contributed by atoms with Crippen LogP contribution < -0.4 is 10.6 Å². The summed E-state index contributed by atoms with van der Waals surface area (Å²) in [7, 11) is 2.79. The number of amides is 1. The van der Waals surface area contributed by atoms with Gasteiger partial charge in [-0.05, 0) is 43.7 Å². The molecule has 3 aromatic rings. The number of aryl methyl sites for hydroxylation is 2. The number of nitrogens with one attached hydrogen (secondary N) is 2. The van der Waals surface area contributed by atoms with Gasteiger partial charge >= 0.3 is 5.97 Å². The summed E-state index contributed by atoms with van der Waals surface area (Å²) in [5.74, 6) is -0.333. The van der Waals surface area contributed by atoms with Gasteiger partial charge < -0.3 is 24.7 Å². The van der Waals surface area contributed by atoms with Gasteiger partial charge in [0.15, 0.2) is 5.69 Å². The van der Waals surface area contributed by atoms with Gasteiger partial charge in [0.1, 0.15) is 12.3 Å². The Balaban J connectivity index is 2.02. The standard InChI is InChI=1S/C27H36N4O4/c1-18(2)14-19(3)29-21-15-22-24(30-23(32)17-34-4)25(27(33)35-5)31(26(22)28-16-21)13-9-12-20-10-7-6-8-11-20/h6-8,10-11,15-16,18-19,29H,9,12-14,17H2,1-5H3,(H,30,32)/t19-/m1/s1. The van der Waals surface area contributed by atoms with E-state index in [4.69, 9.17) is 14.5 Å². The predicted molar refractivity (Wildman–Crippen MR) is 139 cm³/mol. The third-order valence-corrected chi connectivity index (χ3v) is 5.75. The van der Waals surface area contributed by atoms with Crippen LogP contribution in [-0.4, -0.2) is 48.3 Å². The number of hydrogen-bond donors (Lipinski definition) is 2. The van der Waals surface area contributed by atoms with E-state index >= 15 is 0 Å². The molecule has 1 aromatic carbocycles. The zero-order chi connectivity index (χ0) is 25.4. The van der Waals surface area contributed by atoms with E-state index in [2.05, 4.69) is 43.5 Å². The van der Waals surface area contributed by atoms with Gasteiger partial charge in [-0.15, -0.1) is 0 Å². The first-order chi connectivity index (χ1) is 16.8. The van der Waals surface area contributed by atoms with Gasteiger partial charge in [0.25, 0.3) is 0 Å². The fourth-order valence-electron chi connectivity index (χ4n) is 4.40. The number of anilines is 2. The van der Waals surface area contributed by atoms with E-state index in [1.54, 1.807) is 6.20 Å². The smallest absolute Gasteiger partial charge is 0.356 e. The largest absolute Gasteiger partial charge is 0.464 e. The number of pyridine rings is 1. The average Bonchev–Trinajstić information content (AvgIpc) is 3.11. The highest BCUT2D eigenvalue weighted by Crippen LogP contribution is 2.33. The van der Waals surface area contributed by atoms with Gasteiger partial charge in [-0.1, -0.05) is 44.2 Å². The molecule has 8 heteroatoms. The van der Waals surface area contributed by atoms with E-state index in [1.807, 2.05) is 28.8 Å². The van der Waals surface area contributed by atoms with Crippen molar-refractivity contribution in [2.24, 2.45) is 5.92 Å². The number of nitrogens with zero attached hydrogens (tertiary/aromatic N) is 2. The van der Waals surface area contributed by atoms with Crippen LogP contribution in [0, 0.1) is 5.92 Å². The summed E-state index contributed by atoms with van der Waals surface area (Å²) < 4.78 is 11.9. The number of methoxy groups -OCH3 is 2. The van der Waals surface area contributed by atoms with Crippen LogP contribution in [-0.2, 0) is 27.2 Å². The number of carbonyl (C=O) groups excluding carboxylic acids is 2. The fourth-order valence-corrected chi connectivity index (χ4v) is 4.40. The second-order valence-corrected chi connectivity index (χ2v) is 9.21. The number of hydrogen-bond acceptors (Lipinski definition) is 6. The van der Waals surface area contributed by atoms with Crippen LogP contribution >= 0.6 is 0 Å². The number of ether oxygens (including phenoxy) is 2. The van der Waals surface area contributed by atoms with Crippen molar-refractivity contribution in [1.82, 2.24) is 9.55 Å². The molecule has 0 unspecified atom stereocenters. The highest BCUT2D eigenvalue weighted by molar-refractivity contribution is 6.11. The minimum absolute atomic E-state index is 0.127. The molecule has 2 aromatic heterocycles. The van der Waals surface area contributed by atoms with E-state index in [-0.39, 0.29) is 24.2 Å². The number of aromatic nitrogens is 2. The molecule has 0 aliphatic heterocycles. The summed E-state index contributed by atoms with van der Waals surface area (Å²) in [5, 5.41) is 7.02. The number of rotatable bonds is 12. The molecule has 1 amide bonds. The monoisotopic (exact) mass is 480 g/mol. The second-order valence-electron chi connectivity index (χ2n) is 9.21. The molecule has 0 radical (unpaired) electrons. The summed E-state index contributed by atoms with van der Waals surface area (Å²) in [6, 6.07) is 12.4. The molecule has 0 saturated carbocycles. The second kappa shape index (κ2) is 12.4. The van der Waals surface area contributed by atoms with Crippen LogP contribution in [0.25, 0.3) is 11.0 Å². The van der Waals surface area contributed by atoms with Gasteiger partial charge in [-0.25, -0.2) is 9.78 Å².